The average Bonchev–Trinajstić information content (AvgIpc) is 3.21. The van der Waals surface area contributed by atoms with Crippen LogP contribution in [0.3, 0.4) is 0 Å². The minimum absolute atomic E-state index is 0.0578. The van der Waals surface area contributed by atoms with Gasteiger partial charge < -0.3 is 19.9 Å². The summed E-state index contributed by atoms with van der Waals surface area (Å²) in [5, 5.41) is 10.0. The van der Waals surface area contributed by atoms with Gasteiger partial charge in [-0.05, 0) is 31.0 Å². The first-order chi connectivity index (χ1) is 14.0. The van der Waals surface area contributed by atoms with Gasteiger partial charge in [0.15, 0.2) is 12.4 Å². The Balaban J connectivity index is 1.35. The molecule has 0 spiro atoms. The minimum Gasteiger partial charge on any atom is -0.482 e. The average molecular weight is 441 g/mol. The van der Waals surface area contributed by atoms with Crippen molar-refractivity contribution in [2.45, 2.75) is 38.0 Å². The molecular weight excluding hydrogens is 419 g/mol. The zero-order valence-electron chi connectivity index (χ0n) is 15.7. The summed E-state index contributed by atoms with van der Waals surface area (Å²) >= 11 is 11.8. The van der Waals surface area contributed by atoms with Crippen LogP contribution in [0.5, 0.6) is 5.75 Å². The second-order valence-electron chi connectivity index (χ2n) is 6.76. The van der Waals surface area contributed by atoms with Crippen LogP contribution in [0.1, 0.15) is 54.5 Å². The van der Waals surface area contributed by atoms with Crippen molar-refractivity contribution in [1.29, 1.82) is 0 Å². The number of halogens is 2. The van der Waals surface area contributed by atoms with Gasteiger partial charge in [-0.3, -0.25) is 9.59 Å². The summed E-state index contributed by atoms with van der Waals surface area (Å²) in [7, 11) is 0. The molecule has 0 radical (unpaired) electrons. The van der Waals surface area contributed by atoms with Gasteiger partial charge in [0.25, 0.3) is 5.91 Å². The van der Waals surface area contributed by atoms with Gasteiger partial charge in [0, 0.05) is 24.0 Å². The fourth-order valence-corrected chi connectivity index (χ4v) is 3.56. The molecule has 0 bridgehead atoms. The van der Waals surface area contributed by atoms with Crippen LogP contribution in [0.15, 0.2) is 22.7 Å². The van der Waals surface area contributed by atoms with E-state index in [-0.39, 0.29) is 37.4 Å². The van der Waals surface area contributed by atoms with E-state index < -0.39 is 5.91 Å². The molecule has 2 aromatic rings. The van der Waals surface area contributed by atoms with E-state index in [1.807, 2.05) is 0 Å². The molecule has 10 heteroatoms. The second-order valence-corrected chi connectivity index (χ2v) is 7.61. The normalized spacial score (nSPS) is 14.4. The molecule has 1 aliphatic carbocycles. The monoisotopic (exact) mass is 440 g/mol. The van der Waals surface area contributed by atoms with Crippen molar-refractivity contribution >= 4 is 35.0 Å². The lowest BCUT2D eigenvalue weighted by Gasteiger charge is -2.17. The van der Waals surface area contributed by atoms with Gasteiger partial charge in [0.1, 0.15) is 5.75 Å². The number of nitrogens with one attached hydrogen (secondary N) is 2. The molecule has 0 atom stereocenters. The quantitative estimate of drug-likeness (QED) is 0.609. The summed E-state index contributed by atoms with van der Waals surface area (Å²) < 4.78 is 10.4. The molecule has 0 saturated heterocycles. The highest BCUT2D eigenvalue weighted by molar-refractivity contribution is 6.35. The van der Waals surface area contributed by atoms with Crippen LogP contribution in [0.4, 0.5) is 0 Å². The van der Waals surface area contributed by atoms with E-state index >= 15 is 0 Å². The fourth-order valence-electron chi connectivity index (χ4n) is 3.09. The molecular formula is C19H22Cl2N4O4. The molecule has 1 aliphatic rings. The topological polar surface area (TPSA) is 106 Å². The van der Waals surface area contributed by atoms with E-state index in [2.05, 4.69) is 20.8 Å². The molecule has 2 amide bonds. The molecule has 1 aromatic carbocycles. The molecule has 29 heavy (non-hydrogen) atoms. The Labute approximate surface area is 178 Å². The first-order valence-corrected chi connectivity index (χ1v) is 10.2. The van der Waals surface area contributed by atoms with Gasteiger partial charge in [-0.15, -0.1) is 0 Å². The van der Waals surface area contributed by atoms with Crippen molar-refractivity contribution < 1.29 is 18.8 Å². The largest absolute Gasteiger partial charge is 0.482 e. The van der Waals surface area contributed by atoms with Crippen molar-refractivity contribution in [2.24, 2.45) is 0 Å². The van der Waals surface area contributed by atoms with Crippen molar-refractivity contribution in [3.8, 4) is 5.75 Å². The van der Waals surface area contributed by atoms with Gasteiger partial charge in [0.2, 0.25) is 0 Å². The summed E-state index contributed by atoms with van der Waals surface area (Å²) in [6.07, 6.45) is 5.57. The Kier molecular flexibility index (Phi) is 7.71. The van der Waals surface area contributed by atoms with Gasteiger partial charge in [-0.2, -0.15) is 4.98 Å². The summed E-state index contributed by atoms with van der Waals surface area (Å²) in [6.45, 7) is 0.239. The molecule has 3 rings (SSSR count). The van der Waals surface area contributed by atoms with Crippen molar-refractivity contribution in [2.75, 3.05) is 19.7 Å². The first kappa shape index (κ1) is 21.4. The summed E-state index contributed by atoms with van der Waals surface area (Å²) in [5.41, 5.74) is 0. The Morgan fingerprint density at radius 3 is 2.66 bits per heavy atom. The SMILES string of the molecule is O=C(COc1ccc(Cl)cc1Cl)NCCNC(=O)c1nc(C2CCCCC2)no1. The van der Waals surface area contributed by atoms with E-state index in [9.17, 15) is 9.59 Å². The molecule has 0 aliphatic heterocycles. The molecule has 2 N–H and O–H groups in total. The van der Waals surface area contributed by atoms with Crippen LogP contribution >= 0.6 is 23.2 Å². The number of hydrogen-bond donors (Lipinski definition) is 2. The highest BCUT2D eigenvalue weighted by atomic mass is 35.5. The molecule has 8 nitrogen and oxygen atoms in total. The number of carbonyl (C=O) groups excluding carboxylic acids is 2. The molecule has 0 unspecified atom stereocenters. The van der Waals surface area contributed by atoms with E-state index in [4.69, 9.17) is 32.5 Å². The Morgan fingerprint density at radius 2 is 1.90 bits per heavy atom. The first-order valence-electron chi connectivity index (χ1n) is 9.49. The van der Waals surface area contributed by atoms with Crippen LogP contribution in [0.2, 0.25) is 10.0 Å². The lowest BCUT2D eigenvalue weighted by Crippen LogP contribution is -2.36. The Hall–Kier alpha value is -2.32. The number of hydrogen-bond acceptors (Lipinski definition) is 6. The lowest BCUT2D eigenvalue weighted by atomic mass is 9.89. The number of nitrogens with zero attached hydrogens (tertiary/aromatic N) is 2. The predicted octanol–water partition coefficient (Wildman–Crippen LogP) is 3.35. The van der Waals surface area contributed by atoms with Crippen molar-refractivity contribution in [3.63, 3.8) is 0 Å². The third-order valence-electron chi connectivity index (χ3n) is 4.59. The number of rotatable bonds is 8. The summed E-state index contributed by atoms with van der Waals surface area (Å²) in [4.78, 5) is 28.1. The minimum atomic E-state index is -0.460. The smallest absolute Gasteiger partial charge is 0.315 e. The van der Waals surface area contributed by atoms with Crippen LogP contribution in [-0.2, 0) is 4.79 Å². The van der Waals surface area contributed by atoms with Gasteiger partial charge in [-0.1, -0.05) is 47.6 Å². The van der Waals surface area contributed by atoms with Crippen LogP contribution < -0.4 is 15.4 Å². The number of aromatic nitrogens is 2. The van der Waals surface area contributed by atoms with Gasteiger partial charge in [-0.25, -0.2) is 0 Å². The van der Waals surface area contributed by atoms with Crippen LogP contribution in [0.25, 0.3) is 0 Å². The second kappa shape index (κ2) is 10.5. The van der Waals surface area contributed by atoms with E-state index in [0.29, 0.717) is 21.6 Å². The zero-order chi connectivity index (χ0) is 20.6. The standard InChI is InChI=1S/C19H22Cl2N4O4/c20-13-6-7-15(14(21)10-13)28-11-16(26)22-8-9-23-18(27)19-24-17(25-29-19)12-4-2-1-3-5-12/h6-7,10,12H,1-5,8-9,11H2,(H,22,26)(H,23,27). The van der Waals surface area contributed by atoms with E-state index in [1.165, 1.54) is 12.5 Å². The number of ether oxygens (including phenoxy) is 1. The highest BCUT2D eigenvalue weighted by Gasteiger charge is 2.23. The van der Waals surface area contributed by atoms with Crippen LogP contribution in [0, 0.1) is 0 Å². The molecule has 1 saturated carbocycles. The van der Waals surface area contributed by atoms with Crippen molar-refractivity contribution in [3.05, 3.63) is 40.0 Å². The number of carbonyl (C=O) groups is 2. The van der Waals surface area contributed by atoms with Crippen molar-refractivity contribution in [1.82, 2.24) is 20.8 Å². The maximum atomic E-state index is 12.1. The Bertz CT molecular complexity index is 852. The highest BCUT2D eigenvalue weighted by Crippen LogP contribution is 2.30. The number of amides is 2. The fraction of sp³-hybridized carbons (Fsp3) is 0.474. The predicted molar refractivity (Wildman–Crippen MR) is 107 cm³/mol. The molecule has 1 fully saturated rings. The van der Waals surface area contributed by atoms with E-state index in [1.54, 1.807) is 12.1 Å². The number of benzene rings is 1. The molecule has 1 heterocycles. The third kappa shape index (κ3) is 6.33. The summed E-state index contributed by atoms with van der Waals surface area (Å²) in [5.74, 6) is 0.367. The van der Waals surface area contributed by atoms with Gasteiger partial charge >= 0.3 is 11.8 Å². The van der Waals surface area contributed by atoms with Gasteiger partial charge in [0.05, 0.1) is 5.02 Å². The van der Waals surface area contributed by atoms with Crippen LogP contribution in [-0.4, -0.2) is 41.7 Å². The maximum absolute atomic E-state index is 12.1. The summed E-state index contributed by atoms with van der Waals surface area (Å²) in [6, 6.07) is 4.74. The third-order valence-corrected chi connectivity index (χ3v) is 5.12. The lowest BCUT2D eigenvalue weighted by molar-refractivity contribution is -0.123. The zero-order valence-corrected chi connectivity index (χ0v) is 17.3. The molecule has 1 aromatic heterocycles. The molecule has 156 valence electrons. The van der Waals surface area contributed by atoms with E-state index in [0.717, 1.165) is 25.7 Å². The maximum Gasteiger partial charge on any atom is 0.315 e. The Morgan fingerprint density at radius 1 is 1.14 bits per heavy atom.